The van der Waals surface area contributed by atoms with Crippen molar-refractivity contribution in [1.82, 2.24) is 9.88 Å². The predicted molar refractivity (Wildman–Crippen MR) is 121 cm³/mol. The van der Waals surface area contributed by atoms with E-state index in [1.165, 1.54) is 0 Å². The zero-order chi connectivity index (χ0) is 23.4. The second-order valence-electron chi connectivity index (χ2n) is 8.57. The Labute approximate surface area is 189 Å². The van der Waals surface area contributed by atoms with Crippen molar-refractivity contribution in [1.29, 1.82) is 0 Å². The van der Waals surface area contributed by atoms with Crippen LogP contribution in [0.2, 0.25) is 0 Å². The number of benzene rings is 1. The van der Waals surface area contributed by atoms with Gasteiger partial charge in [-0.2, -0.15) is 0 Å². The molecule has 172 valence electrons. The Bertz CT molecular complexity index is 987. The summed E-state index contributed by atoms with van der Waals surface area (Å²) >= 11 is 0. The molecule has 7 nitrogen and oxygen atoms in total. The molecule has 1 fully saturated rings. The molecule has 1 saturated carbocycles. The van der Waals surface area contributed by atoms with Crippen LogP contribution in [0.3, 0.4) is 0 Å². The van der Waals surface area contributed by atoms with Crippen LogP contribution in [0.15, 0.2) is 30.3 Å². The molecule has 1 atom stereocenters. The minimum absolute atomic E-state index is 0.204. The summed E-state index contributed by atoms with van der Waals surface area (Å²) in [7, 11) is 0. The molecule has 0 bridgehead atoms. The molecule has 1 aromatic heterocycles. The number of hydrogen-bond donors (Lipinski definition) is 1. The molecule has 0 saturated heterocycles. The summed E-state index contributed by atoms with van der Waals surface area (Å²) < 4.78 is 12.9. The van der Waals surface area contributed by atoms with E-state index in [1.807, 2.05) is 40.7 Å². The van der Waals surface area contributed by atoms with Gasteiger partial charge in [0, 0.05) is 28.6 Å². The normalized spacial score (nSPS) is 14.2. The van der Waals surface area contributed by atoms with Gasteiger partial charge in [-0.15, -0.1) is 0 Å². The quantitative estimate of drug-likeness (QED) is 0.445. The molecule has 1 amide bonds. The summed E-state index contributed by atoms with van der Waals surface area (Å²) in [5.41, 5.74) is 2.95. The summed E-state index contributed by atoms with van der Waals surface area (Å²) in [4.78, 5) is 38.0. The monoisotopic (exact) mass is 440 g/mol. The smallest absolute Gasteiger partial charge is 0.329 e. The fraction of sp³-hybridized carbons (Fsp3) is 0.480. The Morgan fingerprint density at radius 1 is 1.12 bits per heavy atom. The first kappa shape index (κ1) is 23.6. The summed E-state index contributed by atoms with van der Waals surface area (Å²) in [6, 6.07) is 8.17. The van der Waals surface area contributed by atoms with Gasteiger partial charge in [0.1, 0.15) is 11.8 Å². The number of aryl methyl sites for hydroxylation is 1. The van der Waals surface area contributed by atoms with E-state index in [4.69, 9.17) is 9.47 Å². The van der Waals surface area contributed by atoms with Crippen LogP contribution in [0.4, 0.5) is 0 Å². The van der Waals surface area contributed by atoms with Gasteiger partial charge in [-0.05, 0) is 69.9 Å². The Kier molecular flexibility index (Phi) is 7.38. The highest BCUT2D eigenvalue weighted by atomic mass is 16.5. The number of esters is 1. The van der Waals surface area contributed by atoms with Crippen molar-refractivity contribution in [3.8, 4) is 5.75 Å². The second-order valence-corrected chi connectivity index (χ2v) is 8.57. The maximum atomic E-state index is 12.7. The van der Waals surface area contributed by atoms with E-state index in [0.717, 1.165) is 24.2 Å². The Morgan fingerprint density at radius 2 is 1.78 bits per heavy atom. The third-order valence-corrected chi connectivity index (χ3v) is 5.68. The first-order valence-electron chi connectivity index (χ1n) is 11.1. The average Bonchev–Trinajstić information content (AvgIpc) is 3.54. The van der Waals surface area contributed by atoms with Gasteiger partial charge >= 0.3 is 5.97 Å². The molecule has 1 N–H and O–H groups in total. The van der Waals surface area contributed by atoms with Gasteiger partial charge in [-0.3, -0.25) is 9.59 Å². The zero-order valence-corrected chi connectivity index (χ0v) is 19.4. The molecule has 0 radical (unpaired) electrons. The van der Waals surface area contributed by atoms with E-state index < -0.39 is 12.0 Å². The maximum absolute atomic E-state index is 12.7. The topological polar surface area (TPSA) is 86.6 Å². The molecule has 0 unspecified atom stereocenters. The number of nitrogens with zero attached hydrogens (tertiary/aromatic N) is 1. The van der Waals surface area contributed by atoms with Crippen molar-refractivity contribution in [2.24, 2.45) is 5.92 Å². The molecule has 1 aromatic carbocycles. The largest absolute Gasteiger partial charge is 0.494 e. The SMILES string of the molecule is CCOc1ccc(C(=O)N[C@H](C(=O)OCC(=O)c2cc(C)n(C3CC3)c2C)C(C)C)cc1. The molecule has 1 aliphatic rings. The van der Waals surface area contributed by atoms with Gasteiger partial charge in [-0.1, -0.05) is 13.8 Å². The predicted octanol–water partition coefficient (Wildman–Crippen LogP) is 4.02. The highest BCUT2D eigenvalue weighted by molar-refractivity contribution is 6.00. The van der Waals surface area contributed by atoms with Crippen LogP contribution in [-0.2, 0) is 9.53 Å². The third-order valence-electron chi connectivity index (χ3n) is 5.68. The number of rotatable bonds is 10. The van der Waals surface area contributed by atoms with Crippen LogP contribution < -0.4 is 10.1 Å². The van der Waals surface area contributed by atoms with Gasteiger partial charge in [0.25, 0.3) is 5.91 Å². The molecule has 1 heterocycles. The summed E-state index contributed by atoms with van der Waals surface area (Å²) in [6.45, 7) is 9.61. The van der Waals surface area contributed by atoms with Gasteiger partial charge < -0.3 is 19.4 Å². The van der Waals surface area contributed by atoms with Gasteiger partial charge in [0.05, 0.1) is 6.61 Å². The van der Waals surface area contributed by atoms with E-state index in [2.05, 4.69) is 9.88 Å². The van der Waals surface area contributed by atoms with E-state index in [1.54, 1.807) is 24.3 Å². The molecule has 7 heteroatoms. The fourth-order valence-electron chi connectivity index (χ4n) is 3.85. The molecule has 32 heavy (non-hydrogen) atoms. The second kappa shape index (κ2) is 10.0. The van der Waals surface area contributed by atoms with Crippen molar-refractivity contribution in [3.05, 3.63) is 52.8 Å². The lowest BCUT2D eigenvalue weighted by Gasteiger charge is -2.21. The summed E-state index contributed by atoms with van der Waals surface area (Å²) in [5, 5.41) is 2.73. The van der Waals surface area contributed by atoms with Crippen molar-refractivity contribution in [3.63, 3.8) is 0 Å². The Morgan fingerprint density at radius 3 is 2.34 bits per heavy atom. The number of hydrogen-bond acceptors (Lipinski definition) is 5. The first-order valence-corrected chi connectivity index (χ1v) is 11.1. The minimum Gasteiger partial charge on any atom is -0.494 e. The highest BCUT2D eigenvalue weighted by Crippen LogP contribution is 2.38. The maximum Gasteiger partial charge on any atom is 0.329 e. The number of aromatic nitrogens is 1. The standard InChI is InChI=1S/C25H32N2O5/c1-6-31-20-11-7-18(8-12-20)24(29)26-23(15(2)3)25(30)32-14-22(28)21-13-16(4)27(17(21)5)19-9-10-19/h7-8,11-13,15,19,23H,6,9-10,14H2,1-5H3,(H,26,29)/t23-/m0/s1. The lowest BCUT2D eigenvalue weighted by Crippen LogP contribution is -2.45. The molecule has 0 spiro atoms. The van der Waals surface area contributed by atoms with Crippen molar-refractivity contribution in [2.45, 2.75) is 59.5 Å². The Balaban J connectivity index is 1.60. The van der Waals surface area contributed by atoms with Crippen molar-refractivity contribution >= 4 is 17.7 Å². The van der Waals surface area contributed by atoms with E-state index in [-0.39, 0.29) is 24.2 Å². The van der Waals surface area contributed by atoms with E-state index in [9.17, 15) is 14.4 Å². The number of amides is 1. The number of ketones is 1. The zero-order valence-electron chi connectivity index (χ0n) is 19.4. The molecule has 0 aliphatic heterocycles. The van der Waals surface area contributed by atoms with E-state index >= 15 is 0 Å². The number of ether oxygens (including phenoxy) is 2. The average molecular weight is 441 g/mol. The number of Topliss-reactive ketones (excluding diaryl/α,β-unsaturated/α-hetero) is 1. The summed E-state index contributed by atoms with van der Waals surface area (Å²) in [5.74, 6) is -0.780. The van der Waals surface area contributed by atoms with Gasteiger partial charge in [-0.25, -0.2) is 4.79 Å². The van der Waals surface area contributed by atoms with Crippen LogP contribution >= 0.6 is 0 Å². The molecular formula is C25H32N2O5. The van der Waals surface area contributed by atoms with Gasteiger partial charge in [0.2, 0.25) is 5.78 Å². The van der Waals surface area contributed by atoms with Crippen LogP contribution in [0.5, 0.6) is 5.75 Å². The number of carbonyl (C=O) groups excluding carboxylic acids is 3. The minimum atomic E-state index is -0.860. The Hall–Kier alpha value is -3.09. The fourth-order valence-corrected chi connectivity index (χ4v) is 3.85. The first-order chi connectivity index (χ1) is 15.2. The third kappa shape index (κ3) is 5.39. The lowest BCUT2D eigenvalue weighted by molar-refractivity contribution is -0.145. The number of nitrogens with one attached hydrogen (secondary N) is 1. The highest BCUT2D eigenvalue weighted by Gasteiger charge is 2.30. The van der Waals surface area contributed by atoms with Crippen LogP contribution in [-0.4, -0.2) is 41.5 Å². The van der Waals surface area contributed by atoms with Crippen molar-refractivity contribution < 1.29 is 23.9 Å². The van der Waals surface area contributed by atoms with Gasteiger partial charge in [0.15, 0.2) is 6.61 Å². The van der Waals surface area contributed by atoms with Crippen LogP contribution in [0.25, 0.3) is 0 Å². The van der Waals surface area contributed by atoms with Crippen LogP contribution in [0, 0.1) is 19.8 Å². The molecule has 2 aromatic rings. The lowest BCUT2D eigenvalue weighted by atomic mass is 10.0. The van der Waals surface area contributed by atoms with Crippen molar-refractivity contribution in [2.75, 3.05) is 13.2 Å². The van der Waals surface area contributed by atoms with E-state index in [0.29, 0.717) is 29.5 Å². The molecule has 3 rings (SSSR count). The molecule has 1 aliphatic carbocycles. The summed E-state index contributed by atoms with van der Waals surface area (Å²) in [6.07, 6.45) is 2.26. The molecular weight excluding hydrogens is 408 g/mol. The number of carbonyl (C=O) groups is 3. The van der Waals surface area contributed by atoms with Crippen LogP contribution in [0.1, 0.15) is 71.8 Å².